The maximum absolute atomic E-state index is 12.7. The molecule has 0 amide bonds. The van der Waals surface area contributed by atoms with Crippen LogP contribution in [0.2, 0.25) is 0 Å². The highest BCUT2D eigenvalue weighted by Crippen LogP contribution is 2.35. The molecule has 0 unspecified atom stereocenters. The maximum atomic E-state index is 12.7. The van der Waals surface area contributed by atoms with Gasteiger partial charge in [-0.05, 0) is 51.0 Å². The van der Waals surface area contributed by atoms with Gasteiger partial charge in [-0.3, -0.25) is 0 Å². The van der Waals surface area contributed by atoms with Crippen molar-refractivity contribution in [1.29, 1.82) is 0 Å². The summed E-state index contributed by atoms with van der Waals surface area (Å²) in [7, 11) is 0. The molecule has 0 bridgehead atoms. The van der Waals surface area contributed by atoms with Gasteiger partial charge in [0.1, 0.15) is 0 Å². The zero-order chi connectivity index (χ0) is 14.8. The number of halogens is 3. The van der Waals surface area contributed by atoms with Gasteiger partial charge in [-0.15, -0.1) is 12.6 Å². The third-order valence-electron chi connectivity index (χ3n) is 2.76. The van der Waals surface area contributed by atoms with Gasteiger partial charge in [-0.2, -0.15) is 13.2 Å². The van der Waals surface area contributed by atoms with Gasteiger partial charge in [-0.25, -0.2) is 4.99 Å². The van der Waals surface area contributed by atoms with E-state index in [1.807, 2.05) is 13.8 Å². The summed E-state index contributed by atoms with van der Waals surface area (Å²) in [6.45, 7) is 7.06. The van der Waals surface area contributed by atoms with E-state index in [9.17, 15) is 13.2 Å². The molecule has 0 atom stereocenters. The first kappa shape index (κ1) is 15.8. The minimum atomic E-state index is -4.33. The number of hydrogen-bond acceptors (Lipinski definition) is 1. The van der Waals surface area contributed by atoms with Gasteiger partial charge < -0.3 is 0 Å². The number of allylic oxidation sites excluding steroid dienone is 1. The molecule has 0 aliphatic heterocycles. The van der Waals surface area contributed by atoms with Crippen LogP contribution in [0.4, 0.5) is 13.2 Å². The van der Waals surface area contributed by atoms with Gasteiger partial charge >= 0.3 is 6.18 Å². The van der Waals surface area contributed by atoms with Crippen molar-refractivity contribution in [3.63, 3.8) is 0 Å². The van der Waals surface area contributed by atoms with E-state index >= 15 is 0 Å². The molecule has 5 heteroatoms. The Labute approximate surface area is 116 Å². The molecule has 0 N–H and O–H groups in total. The summed E-state index contributed by atoms with van der Waals surface area (Å²) in [6.07, 6.45) is -4.33. The average molecular weight is 287 g/mol. The van der Waals surface area contributed by atoms with Crippen molar-refractivity contribution in [2.24, 2.45) is 4.99 Å². The lowest BCUT2D eigenvalue weighted by molar-refractivity contribution is -0.137. The Bertz CT molecular complexity index is 515. The van der Waals surface area contributed by atoms with E-state index < -0.39 is 11.7 Å². The molecule has 0 aromatic heterocycles. The first-order chi connectivity index (χ1) is 8.68. The zero-order valence-corrected chi connectivity index (χ0v) is 12.2. The molecule has 0 saturated carbocycles. The minimum Gasteiger partial charge on any atom is -0.250 e. The lowest BCUT2D eigenvalue weighted by Crippen LogP contribution is -2.07. The van der Waals surface area contributed by atoms with Crippen LogP contribution in [0.15, 0.2) is 22.7 Å². The van der Waals surface area contributed by atoms with E-state index in [0.717, 1.165) is 23.3 Å². The summed E-state index contributed by atoms with van der Waals surface area (Å²) < 4.78 is 38.2. The first-order valence-corrected chi connectivity index (χ1v) is 6.23. The maximum Gasteiger partial charge on any atom is 0.416 e. The molecule has 0 aliphatic rings. The average Bonchev–Trinajstić information content (AvgIpc) is 2.25. The second-order valence-electron chi connectivity index (χ2n) is 4.58. The Hall–Kier alpha value is -1.23. The van der Waals surface area contributed by atoms with Crippen molar-refractivity contribution in [2.45, 2.75) is 33.9 Å². The SMILES string of the molecule is CC(C)=C(/N=C\S)c1c(C)cc(C(F)(F)F)cc1C. The molecule has 0 saturated heterocycles. The van der Waals surface area contributed by atoms with Crippen molar-refractivity contribution in [3.05, 3.63) is 40.0 Å². The van der Waals surface area contributed by atoms with Crippen LogP contribution in [0.3, 0.4) is 0 Å². The second kappa shape index (κ2) is 5.82. The molecule has 1 rings (SSSR count). The van der Waals surface area contributed by atoms with Crippen LogP contribution in [-0.2, 0) is 6.18 Å². The molecule has 0 heterocycles. The number of thiol groups is 1. The summed E-state index contributed by atoms with van der Waals surface area (Å²) in [5, 5.41) is 0. The van der Waals surface area contributed by atoms with E-state index in [2.05, 4.69) is 17.6 Å². The molecule has 104 valence electrons. The first-order valence-electron chi connectivity index (χ1n) is 5.71. The van der Waals surface area contributed by atoms with E-state index in [1.54, 1.807) is 13.8 Å². The summed E-state index contributed by atoms with van der Waals surface area (Å²) >= 11 is 3.93. The van der Waals surface area contributed by atoms with Crippen LogP contribution in [0.25, 0.3) is 5.70 Å². The lowest BCUT2D eigenvalue weighted by Gasteiger charge is -2.15. The van der Waals surface area contributed by atoms with Crippen molar-refractivity contribution in [1.82, 2.24) is 0 Å². The van der Waals surface area contributed by atoms with E-state index in [4.69, 9.17) is 0 Å². The summed E-state index contributed by atoms with van der Waals surface area (Å²) in [5.74, 6) is 0. The normalized spacial score (nSPS) is 12.0. The predicted molar refractivity (Wildman–Crippen MR) is 76.7 cm³/mol. The fourth-order valence-corrected chi connectivity index (χ4v) is 2.12. The number of rotatable bonds is 2. The summed E-state index contributed by atoms with van der Waals surface area (Å²) in [4.78, 5) is 4.14. The van der Waals surface area contributed by atoms with Crippen molar-refractivity contribution >= 4 is 23.9 Å². The van der Waals surface area contributed by atoms with Gasteiger partial charge in [0.15, 0.2) is 0 Å². The Morgan fingerprint density at radius 2 is 1.63 bits per heavy atom. The molecular weight excluding hydrogens is 271 g/mol. The highest BCUT2D eigenvalue weighted by molar-refractivity contribution is 7.94. The van der Waals surface area contributed by atoms with Crippen molar-refractivity contribution in [2.75, 3.05) is 0 Å². The largest absolute Gasteiger partial charge is 0.416 e. The van der Waals surface area contributed by atoms with Crippen molar-refractivity contribution < 1.29 is 13.2 Å². The third-order valence-corrected chi connectivity index (χ3v) is 2.87. The van der Waals surface area contributed by atoms with Crippen LogP contribution < -0.4 is 0 Å². The van der Waals surface area contributed by atoms with Crippen LogP contribution in [0, 0.1) is 13.8 Å². The molecule has 1 aromatic carbocycles. The number of hydrogen-bond donors (Lipinski definition) is 1. The van der Waals surface area contributed by atoms with Gasteiger partial charge in [0.05, 0.1) is 16.8 Å². The monoisotopic (exact) mass is 287 g/mol. The highest BCUT2D eigenvalue weighted by atomic mass is 32.1. The smallest absolute Gasteiger partial charge is 0.250 e. The third kappa shape index (κ3) is 3.62. The number of benzene rings is 1. The molecule has 0 aliphatic carbocycles. The van der Waals surface area contributed by atoms with Crippen LogP contribution in [0.1, 0.15) is 36.1 Å². The molecular formula is C14H16F3NS. The summed E-state index contributed by atoms with van der Waals surface area (Å²) in [5.41, 5.74) is 4.16. The fraction of sp³-hybridized carbons (Fsp3) is 0.357. The minimum absolute atomic E-state index is 0.558. The fourth-order valence-electron chi connectivity index (χ4n) is 2.00. The molecule has 1 nitrogen and oxygen atoms in total. The molecule has 0 fully saturated rings. The topological polar surface area (TPSA) is 12.4 Å². The van der Waals surface area contributed by atoms with Gasteiger partial charge in [0, 0.05) is 5.56 Å². The lowest BCUT2D eigenvalue weighted by atomic mass is 9.95. The highest BCUT2D eigenvalue weighted by Gasteiger charge is 2.31. The van der Waals surface area contributed by atoms with Crippen LogP contribution in [-0.4, -0.2) is 5.55 Å². The Morgan fingerprint density at radius 3 is 1.95 bits per heavy atom. The second-order valence-corrected chi connectivity index (χ2v) is 4.81. The molecule has 0 radical (unpaired) electrons. The Balaban J connectivity index is 3.52. The molecule has 19 heavy (non-hydrogen) atoms. The van der Waals surface area contributed by atoms with Crippen LogP contribution in [0.5, 0.6) is 0 Å². The van der Waals surface area contributed by atoms with E-state index in [-0.39, 0.29) is 0 Å². The number of aryl methyl sites for hydroxylation is 2. The zero-order valence-electron chi connectivity index (χ0n) is 11.3. The molecule has 1 aromatic rings. The van der Waals surface area contributed by atoms with Gasteiger partial charge in [-0.1, -0.05) is 5.57 Å². The van der Waals surface area contributed by atoms with Gasteiger partial charge in [0.25, 0.3) is 0 Å². The molecule has 0 spiro atoms. The van der Waals surface area contributed by atoms with E-state index in [0.29, 0.717) is 16.8 Å². The number of nitrogens with zero attached hydrogens (tertiary/aromatic N) is 1. The van der Waals surface area contributed by atoms with Crippen molar-refractivity contribution in [3.8, 4) is 0 Å². The van der Waals surface area contributed by atoms with Crippen LogP contribution >= 0.6 is 12.6 Å². The summed E-state index contributed by atoms with van der Waals surface area (Å²) in [6, 6.07) is 2.30. The quantitative estimate of drug-likeness (QED) is 0.445. The number of aliphatic imine (C=N–C) groups is 1. The van der Waals surface area contributed by atoms with Gasteiger partial charge in [0.2, 0.25) is 0 Å². The van der Waals surface area contributed by atoms with E-state index in [1.165, 1.54) is 5.55 Å². The Kier molecular flexibility index (Phi) is 4.85. The number of alkyl halides is 3. The predicted octanol–water partition coefficient (Wildman–Crippen LogP) is 5.03. The standard InChI is InChI=1S/C14H16F3NS/c1-8(2)13(18-7-19)12-9(3)5-11(6-10(12)4)14(15,16)17/h5-7H,1-4H3,(H,18,19). The Morgan fingerprint density at radius 1 is 1.16 bits per heavy atom.